The maximum Gasteiger partial charge on any atom is 0.268 e. The summed E-state index contributed by atoms with van der Waals surface area (Å²) in [5.41, 5.74) is 10.1. The number of carbonyl (C=O) groups is 1. The zero-order valence-electron chi connectivity index (χ0n) is 15.4. The number of ether oxygens (including phenoxy) is 1. The van der Waals surface area contributed by atoms with Gasteiger partial charge in [-0.3, -0.25) is 4.79 Å². The van der Waals surface area contributed by atoms with E-state index < -0.39 is 0 Å². The summed E-state index contributed by atoms with van der Waals surface area (Å²) in [4.78, 5) is 15.8. The molecule has 5 nitrogen and oxygen atoms in total. The van der Waals surface area contributed by atoms with E-state index in [2.05, 4.69) is 16.4 Å². The molecule has 4 N–H and O–H groups in total. The van der Waals surface area contributed by atoms with Crippen LogP contribution in [0.4, 0.5) is 0 Å². The van der Waals surface area contributed by atoms with Crippen LogP contribution >= 0.6 is 0 Å². The average molecular weight is 363 g/mol. The Balaban J connectivity index is 1.36. The molecule has 0 spiro atoms. The van der Waals surface area contributed by atoms with Crippen molar-refractivity contribution in [1.29, 1.82) is 0 Å². The number of aromatic amines is 1. The Morgan fingerprint density at radius 1 is 1.19 bits per heavy atom. The lowest BCUT2D eigenvalue weighted by Crippen LogP contribution is -2.44. The summed E-state index contributed by atoms with van der Waals surface area (Å²) in [6.45, 7) is 2.61. The highest BCUT2D eigenvalue weighted by atomic mass is 16.5. The van der Waals surface area contributed by atoms with Crippen molar-refractivity contribution in [3.63, 3.8) is 0 Å². The Kier molecular flexibility index (Phi) is 4.97. The summed E-state index contributed by atoms with van der Waals surface area (Å²) in [6.07, 6.45) is 1.55. The number of carbonyl (C=O) groups excluding carboxylic acids is 1. The molecule has 1 saturated carbocycles. The smallest absolute Gasteiger partial charge is 0.268 e. The molecule has 5 heteroatoms. The third-order valence-electron chi connectivity index (χ3n) is 5.23. The van der Waals surface area contributed by atoms with Crippen LogP contribution in [-0.4, -0.2) is 29.1 Å². The number of amides is 1. The van der Waals surface area contributed by atoms with Gasteiger partial charge >= 0.3 is 0 Å². The van der Waals surface area contributed by atoms with Crippen LogP contribution in [0, 0.1) is 6.92 Å². The minimum absolute atomic E-state index is 0.0656. The van der Waals surface area contributed by atoms with Gasteiger partial charge in [0.25, 0.3) is 5.91 Å². The van der Waals surface area contributed by atoms with Gasteiger partial charge in [0.1, 0.15) is 5.69 Å². The van der Waals surface area contributed by atoms with Crippen LogP contribution in [0.3, 0.4) is 0 Å². The number of rotatable bonds is 5. The molecule has 2 aromatic carbocycles. The van der Waals surface area contributed by atoms with Crippen molar-refractivity contribution in [2.75, 3.05) is 0 Å². The Morgan fingerprint density at radius 3 is 2.81 bits per heavy atom. The number of H-pyrrole nitrogens is 1. The summed E-state index contributed by atoms with van der Waals surface area (Å²) in [5, 5.41) is 4.12. The van der Waals surface area contributed by atoms with E-state index in [4.69, 9.17) is 10.5 Å². The van der Waals surface area contributed by atoms with Gasteiger partial charge in [-0.15, -0.1) is 0 Å². The van der Waals surface area contributed by atoms with E-state index in [0.29, 0.717) is 12.3 Å². The molecule has 0 saturated heterocycles. The van der Waals surface area contributed by atoms with E-state index >= 15 is 0 Å². The first kappa shape index (κ1) is 17.8. The van der Waals surface area contributed by atoms with E-state index in [-0.39, 0.29) is 24.1 Å². The highest BCUT2D eigenvalue weighted by Crippen LogP contribution is 2.23. The predicted molar refractivity (Wildman–Crippen MR) is 107 cm³/mol. The summed E-state index contributed by atoms with van der Waals surface area (Å²) < 4.78 is 6.00. The van der Waals surface area contributed by atoms with Gasteiger partial charge in [-0.1, -0.05) is 42.0 Å². The molecular weight excluding hydrogens is 338 g/mol. The van der Waals surface area contributed by atoms with Gasteiger partial charge in [0, 0.05) is 23.0 Å². The van der Waals surface area contributed by atoms with Gasteiger partial charge in [0.15, 0.2) is 0 Å². The van der Waals surface area contributed by atoms with Gasteiger partial charge in [0.2, 0.25) is 0 Å². The Morgan fingerprint density at radius 2 is 2.00 bits per heavy atom. The topological polar surface area (TPSA) is 80.1 Å². The molecule has 27 heavy (non-hydrogen) atoms. The number of fused-ring (bicyclic) bond motifs is 1. The van der Waals surface area contributed by atoms with Crippen molar-refractivity contribution < 1.29 is 9.53 Å². The highest BCUT2D eigenvalue weighted by Gasteiger charge is 2.33. The van der Waals surface area contributed by atoms with Crippen molar-refractivity contribution in [1.82, 2.24) is 10.3 Å². The number of nitrogens with two attached hydrogens (primary N) is 1. The van der Waals surface area contributed by atoms with Crippen LogP contribution in [0.1, 0.15) is 34.5 Å². The molecule has 0 aliphatic heterocycles. The number of hydrogen-bond acceptors (Lipinski definition) is 3. The maximum atomic E-state index is 12.6. The Bertz CT molecular complexity index is 935. The molecule has 140 valence electrons. The fourth-order valence-electron chi connectivity index (χ4n) is 3.73. The molecule has 0 bridgehead atoms. The molecule has 1 unspecified atom stereocenters. The summed E-state index contributed by atoms with van der Waals surface area (Å²) in [6, 6.07) is 17.9. The summed E-state index contributed by atoms with van der Waals surface area (Å²) >= 11 is 0. The second-order valence-corrected chi connectivity index (χ2v) is 7.41. The highest BCUT2D eigenvalue weighted by molar-refractivity contribution is 5.98. The first-order valence-electron chi connectivity index (χ1n) is 9.40. The Labute approximate surface area is 158 Å². The maximum absolute atomic E-state index is 12.6. The third-order valence-corrected chi connectivity index (χ3v) is 5.23. The fourth-order valence-corrected chi connectivity index (χ4v) is 3.73. The van der Waals surface area contributed by atoms with Gasteiger partial charge < -0.3 is 20.8 Å². The zero-order chi connectivity index (χ0) is 18.8. The number of hydrogen-bond donors (Lipinski definition) is 3. The van der Waals surface area contributed by atoms with Gasteiger partial charge in [-0.05, 0) is 43.5 Å². The van der Waals surface area contributed by atoms with Crippen molar-refractivity contribution in [2.24, 2.45) is 5.73 Å². The number of nitrogens with one attached hydrogen (secondary N) is 2. The van der Waals surface area contributed by atoms with E-state index in [1.165, 1.54) is 5.56 Å². The molecule has 1 fully saturated rings. The van der Waals surface area contributed by atoms with Crippen molar-refractivity contribution in [2.45, 2.75) is 44.6 Å². The molecule has 1 heterocycles. The van der Waals surface area contributed by atoms with Gasteiger partial charge in [-0.25, -0.2) is 0 Å². The molecule has 3 atom stereocenters. The van der Waals surface area contributed by atoms with Gasteiger partial charge in [-0.2, -0.15) is 0 Å². The quantitative estimate of drug-likeness (QED) is 0.651. The molecular formula is C22H25N3O2. The monoisotopic (exact) mass is 363 g/mol. The summed E-state index contributed by atoms with van der Waals surface area (Å²) in [5.74, 6) is -0.118. The molecule has 4 rings (SSSR count). The van der Waals surface area contributed by atoms with Gasteiger partial charge in [0.05, 0.1) is 12.7 Å². The third kappa shape index (κ3) is 4.04. The van der Waals surface area contributed by atoms with E-state index in [0.717, 1.165) is 29.3 Å². The zero-order valence-corrected chi connectivity index (χ0v) is 15.4. The minimum atomic E-state index is -0.118. The SMILES string of the molecule is Cc1ccc2[nH]c(C(=O)N[C@@H]3CC(OCc4ccccc4)C[C@H]3N)cc2c1. The lowest BCUT2D eigenvalue weighted by molar-refractivity contribution is 0.0434. The molecule has 3 aromatic rings. The molecule has 1 aliphatic rings. The van der Waals surface area contributed by atoms with Crippen LogP contribution in [0.5, 0.6) is 0 Å². The predicted octanol–water partition coefficient (Wildman–Crippen LogP) is 3.28. The molecule has 1 aromatic heterocycles. The van der Waals surface area contributed by atoms with Crippen LogP contribution in [0.2, 0.25) is 0 Å². The van der Waals surface area contributed by atoms with Crippen molar-refractivity contribution in [3.05, 3.63) is 71.4 Å². The average Bonchev–Trinajstić information content (AvgIpc) is 3.24. The summed E-state index contributed by atoms with van der Waals surface area (Å²) in [7, 11) is 0. The standard InChI is InChI=1S/C22H25N3O2/c1-14-7-8-19-16(9-14)10-21(24-19)22(26)25-20-12-17(11-18(20)23)27-13-15-5-3-2-4-6-15/h2-10,17-18,20,24H,11-13,23H2,1H3,(H,25,26)/t17?,18-,20-/m1/s1. The number of aryl methyl sites for hydroxylation is 1. The van der Waals surface area contributed by atoms with Crippen molar-refractivity contribution >= 4 is 16.8 Å². The second-order valence-electron chi connectivity index (χ2n) is 7.41. The van der Waals surface area contributed by atoms with Crippen LogP contribution < -0.4 is 11.1 Å². The molecule has 1 aliphatic carbocycles. The lowest BCUT2D eigenvalue weighted by atomic mass is 10.1. The Hall–Kier alpha value is -2.63. The van der Waals surface area contributed by atoms with Crippen LogP contribution in [0.15, 0.2) is 54.6 Å². The fraction of sp³-hybridized carbons (Fsp3) is 0.318. The van der Waals surface area contributed by atoms with E-state index in [9.17, 15) is 4.79 Å². The van der Waals surface area contributed by atoms with Crippen molar-refractivity contribution in [3.8, 4) is 0 Å². The van der Waals surface area contributed by atoms with E-state index in [1.807, 2.05) is 55.5 Å². The lowest BCUT2D eigenvalue weighted by Gasteiger charge is -2.16. The van der Waals surface area contributed by atoms with Crippen LogP contribution in [0.25, 0.3) is 10.9 Å². The normalized spacial score (nSPS) is 22.2. The largest absolute Gasteiger partial charge is 0.373 e. The number of aromatic nitrogens is 1. The minimum Gasteiger partial charge on any atom is -0.373 e. The first-order valence-corrected chi connectivity index (χ1v) is 9.40. The van der Waals surface area contributed by atoms with E-state index in [1.54, 1.807) is 0 Å². The number of benzene rings is 2. The second kappa shape index (κ2) is 7.55. The molecule has 1 amide bonds. The first-order chi connectivity index (χ1) is 13.1. The van der Waals surface area contributed by atoms with Crippen LogP contribution in [-0.2, 0) is 11.3 Å². The molecule has 0 radical (unpaired) electrons.